The third-order valence-electron chi connectivity index (χ3n) is 2.30. The maximum atomic E-state index is 6.05. The van der Waals surface area contributed by atoms with Crippen LogP contribution in [0.25, 0.3) is 0 Å². The van der Waals surface area contributed by atoms with Gasteiger partial charge in [0, 0.05) is 12.6 Å². The highest BCUT2D eigenvalue weighted by atomic mass is 16.5. The molecule has 14 heavy (non-hydrogen) atoms. The lowest BCUT2D eigenvalue weighted by Gasteiger charge is -2.23. The molecule has 0 amide bonds. The van der Waals surface area contributed by atoms with Crippen LogP contribution in [0.1, 0.15) is 18.9 Å². The van der Waals surface area contributed by atoms with E-state index in [0.29, 0.717) is 6.61 Å². The van der Waals surface area contributed by atoms with E-state index in [1.807, 2.05) is 13.0 Å². The molecule has 0 saturated heterocycles. The molecule has 1 aromatic carbocycles. The first-order valence-corrected chi connectivity index (χ1v) is 4.96. The minimum atomic E-state index is -0.218. The van der Waals surface area contributed by atoms with Crippen LogP contribution in [0.5, 0.6) is 0 Å². The Morgan fingerprint density at radius 1 is 1.29 bits per heavy atom. The van der Waals surface area contributed by atoms with E-state index in [2.05, 4.69) is 24.3 Å². The normalized spacial score (nSPS) is 15.1. The van der Waals surface area contributed by atoms with E-state index in [-0.39, 0.29) is 5.54 Å². The van der Waals surface area contributed by atoms with Crippen molar-refractivity contribution >= 4 is 0 Å². The molecule has 0 saturated carbocycles. The number of benzene rings is 1. The van der Waals surface area contributed by atoms with Gasteiger partial charge < -0.3 is 10.5 Å². The lowest BCUT2D eigenvalue weighted by Crippen LogP contribution is -2.41. The third-order valence-corrected chi connectivity index (χ3v) is 2.30. The first-order valence-electron chi connectivity index (χ1n) is 4.96. The Labute approximate surface area is 86.1 Å². The second-order valence-electron chi connectivity index (χ2n) is 4.07. The maximum absolute atomic E-state index is 6.05. The van der Waals surface area contributed by atoms with E-state index in [4.69, 9.17) is 10.5 Å². The Kier molecular flexibility index (Phi) is 4.11. The fraction of sp³-hybridized carbons (Fsp3) is 0.500. The number of rotatable bonds is 5. The van der Waals surface area contributed by atoms with Crippen LogP contribution in [0.3, 0.4) is 0 Å². The van der Waals surface area contributed by atoms with Crippen LogP contribution in [0, 0.1) is 0 Å². The van der Waals surface area contributed by atoms with E-state index in [1.165, 1.54) is 5.56 Å². The number of nitrogens with two attached hydrogens (primary N) is 1. The van der Waals surface area contributed by atoms with Crippen molar-refractivity contribution in [2.75, 3.05) is 13.7 Å². The van der Waals surface area contributed by atoms with Gasteiger partial charge >= 0.3 is 0 Å². The summed E-state index contributed by atoms with van der Waals surface area (Å²) in [7, 11) is 1.69. The summed E-state index contributed by atoms with van der Waals surface area (Å²) >= 11 is 0. The average molecular weight is 193 g/mol. The number of hydrogen-bond donors (Lipinski definition) is 1. The summed E-state index contributed by atoms with van der Waals surface area (Å²) in [6, 6.07) is 10.4. The molecule has 0 aliphatic heterocycles. The van der Waals surface area contributed by atoms with Crippen molar-refractivity contribution in [2.45, 2.75) is 25.3 Å². The second kappa shape index (κ2) is 5.13. The Hall–Kier alpha value is -0.860. The molecule has 0 heterocycles. The van der Waals surface area contributed by atoms with E-state index in [1.54, 1.807) is 7.11 Å². The van der Waals surface area contributed by atoms with Gasteiger partial charge in [0.2, 0.25) is 0 Å². The number of hydrogen-bond acceptors (Lipinski definition) is 2. The molecule has 1 rings (SSSR count). The smallest absolute Gasteiger partial charge is 0.0639 e. The van der Waals surface area contributed by atoms with Crippen LogP contribution in [-0.4, -0.2) is 19.3 Å². The van der Waals surface area contributed by atoms with Crippen molar-refractivity contribution in [2.24, 2.45) is 5.73 Å². The highest BCUT2D eigenvalue weighted by Gasteiger charge is 2.17. The Balaban J connectivity index is 2.40. The molecular weight excluding hydrogens is 174 g/mol. The van der Waals surface area contributed by atoms with Gasteiger partial charge in [0.15, 0.2) is 0 Å². The van der Waals surface area contributed by atoms with Crippen molar-refractivity contribution in [1.29, 1.82) is 0 Å². The summed E-state index contributed by atoms with van der Waals surface area (Å²) < 4.78 is 5.07. The van der Waals surface area contributed by atoms with Gasteiger partial charge in [-0.05, 0) is 25.3 Å². The molecular formula is C12H19NO. The van der Waals surface area contributed by atoms with Gasteiger partial charge in [0.25, 0.3) is 0 Å². The predicted molar refractivity (Wildman–Crippen MR) is 59.2 cm³/mol. The highest BCUT2D eigenvalue weighted by molar-refractivity contribution is 5.15. The quantitative estimate of drug-likeness (QED) is 0.776. The monoisotopic (exact) mass is 193 g/mol. The first kappa shape index (κ1) is 11.2. The molecule has 0 spiro atoms. The van der Waals surface area contributed by atoms with Gasteiger partial charge in [-0.15, -0.1) is 0 Å². The van der Waals surface area contributed by atoms with Crippen molar-refractivity contribution in [3.63, 3.8) is 0 Å². The van der Waals surface area contributed by atoms with Gasteiger partial charge in [-0.2, -0.15) is 0 Å². The van der Waals surface area contributed by atoms with Crippen LogP contribution in [0.4, 0.5) is 0 Å². The Morgan fingerprint density at radius 3 is 2.50 bits per heavy atom. The average Bonchev–Trinajstić information content (AvgIpc) is 2.17. The van der Waals surface area contributed by atoms with Crippen LogP contribution < -0.4 is 5.73 Å². The first-order chi connectivity index (χ1) is 6.64. The summed E-state index contributed by atoms with van der Waals surface area (Å²) in [4.78, 5) is 0. The lowest BCUT2D eigenvalue weighted by molar-refractivity contribution is 0.136. The molecule has 0 radical (unpaired) electrons. The van der Waals surface area contributed by atoms with Gasteiger partial charge in [-0.1, -0.05) is 30.3 Å². The molecule has 0 bridgehead atoms. The summed E-state index contributed by atoms with van der Waals surface area (Å²) in [5.74, 6) is 0. The van der Waals surface area contributed by atoms with E-state index in [9.17, 15) is 0 Å². The standard InChI is InChI=1S/C12H19NO/c1-12(13,10-14-2)9-8-11-6-4-3-5-7-11/h3-7H,8-10,13H2,1-2H3. The molecule has 0 aromatic heterocycles. The molecule has 2 N–H and O–H groups in total. The second-order valence-corrected chi connectivity index (χ2v) is 4.07. The van der Waals surface area contributed by atoms with Crippen molar-refractivity contribution in [3.8, 4) is 0 Å². The molecule has 1 unspecified atom stereocenters. The van der Waals surface area contributed by atoms with Gasteiger partial charge in [0.1, 0.15) is 0 Å². The summed E-state index contributed by atoms with van der Waals surface area (Å²) in [5, 5.41) is 0. The fourth-order valence-electron chi connectivity index (χ4n) is 1.48. The zero-order valence-corrected chi connectivity index (χ0v) is 8.99. The topological polar surface area (TPSA) is 35.2 Å². The van der Waals surface area contributed by atoms with E-state index < -0.39 is 0 Å². The maximum Gasteiger partial charge on any atom is 0.0639 e. The minimum absolute atomic E-state index is 0.218. The molecule has 0 fully saturated rings. The lowest BCUT2D eigenvalue weighted by atomic mass is 9.95. The Morgan fingerprint density at radius 2 is 1.93 bits per heavy atom. The van der Waals surface area contributed by atoms with E-state index >= 15 is 0 Å². The zero-order valence-electron chi connectivity index (χ0n) is 8.99. The fourth-order valence-corrected chi connectivity index (χ4v) is 1.48. The van der Waals surface area contributed by atoms with Gasteiger partial charge in [-0.25, -0.2) is 0 Å². The molecule has 1 aromatic rings. The van der Waals surface area contributed by atoms with Crippen LogP contribution in [0.2, 0.25) is 0 Å². The zero-order chi connectivity index (χ0) is 10.4. The largest absolute Gasteiger partial charge is 0.383 e. The molecule has 0 aliphatic rings. The third kappa shape index (κ3) is 3.90. The summed E-state index contributed by atoms with van der Waals surface area (Å²) in [6.07, 6.45) is 1.96. The SMILES string of the molecule is COCC(C)(N)CCc1ccccc1. The Bertz CT molecular complexity index is 256. The van der Waals surface area contributed by atoms with Crippen LogP contribution >= 0.6 is 0 Å². The molecule has 1 atom stereocenters. The number of ether oxygens (including phenoxy) is 1. The summed E-state index contributed by atoms with van der Waals surface area (Å²) in [6.45, 7) is 2.64. The van der Waals surface area contributed by atoms with Crippen molar-refractivity contribution < 1.29 is 4.74 Å². The highest BCUT2D eigenvalue weighted by Crippen LogP contribution is 2.11. The molecule has 2 nitrogen and oxygen atoms in total. The molecule has 0 aliphatic carbocycles. The minimum Gasteiger partial charge on any atom is -0.383 e. The number of methoxy groups -OCH3 is 1. The van der Waals surface area contributed by atoms with E-state index in [0.717, 1.165) is 12.8 Å². The predicted octanol–water partition coefficient (Wildman–Crippen LogP) is 1.98. The van der Waals surface area contributed by atoms with Crippen molar-refractivity contribution in [1.82, 2.24) is 0 Å². The molecule has 78 valence electrons. The summed E-state index contributed by atoms with van der Waals surface area (Å²) in [5.41, 5.74) is 7.17. The van der Waals surface area contributed by atoms with Crippen LogP contribution in [-0.2, 0) is 11.2 Å². The number of aryl methyl sites for hydroxylation is 1. The van der Waals surface area contributed by atoms with Crippen LogP contribution in [0.15, 0.2) is 30.3 Å². The van der Waals surface area contributed by atoms with Crippen molar-refractivity contribution in [3.05, 3.63) is 35.9 Å². The van der Waals surface area contributed by atoms with Gasteiger partial charge in [-0.3, -0.25) is 0 Å². The van der Waals surface area contributed by atoms with Gasteiger partial charge in [0.05, 0.1) is 6.61 Å². The molecule has 2 heteroatoms.